The van der Waals surface area contributed by atoms with Gasteiger partial charge in [-0.25, -0.2) is 10.2 Å². The molecule has 0 aliphatic carbocycles. The predicted molar refractivity (Wildman–Crippen MR) is 114 cm³/mol. The Morgan fingerprint density at radius 1 is 1.03 bits per heavy atom. The smallest absolute Gasteiger partial charge is 0.339 e. The van der Waals surface area contributed by atoms with E-state index in [0.29, 0.717) is 30.7 Å². The van der Waals surface area contributed by atoms with E-state index in [1.54, 1.807) is 13.0 Å². The molecule has 0 aliphatic heterocycles. The van der Waals surface area contributed by atoms with E-state index in [1.165, 1.54) is 18.3 Å². The molecule has 2 amide bonds. The fourth-order valence-corrected chi connectivity index (χ4v) is 2.87. The lowest BCUT2D eigenvalue weighted by molar-refractivity contribution is -0.136. The van der Waals surface area contributed by atoms with Crippen molar-refractivity contribution >= 4 is 29.7 Å². The maximum atomic E-state index is 12.3. The second kappa shape index (κ2) is 10.8. The quantitative estimate of drug-likeness (QED) is 0.351. The second-order valence-corrected chi connectivity index (χ2v) is 6.31. The van der Waals surface area contributed by atoms with Crippen LogP contribution < -0.4 is 15.5 Å². The molecule has 0 aromatic heterocycles. The van der Waals surface area contributed by atoms with Crippen molar-refractivity contribution in [3.8, 4) is 5.75 Å². The lowest BCUT2D eigenvalue weighted by Crippen LogP contribution is -2.33. The van der Waals surface area contributed by atoms with Crippen LogP contribution in [0.15, 0.2) is 41.5 Å². The van der Waals surface area contributed by atoms with Crippen molar-refractivity contribution in [2.75, 3.05) is 11.9 Å². The molecule has 0 bridgehead atoms. The van der Waals surface area contributed by atoms with Crippen LogP contribution in [0.25, 0.3) is 0 Å². The van der Waals surface area contributed by atoms with Crippen molar-refractivity contribution in [1.29, 1.82) is 0 Å². The molecule has 0 radical (unpaired) electrons. The van der Waals surface area contributed by atoms with E-state index in [9.17, 15) is 19.5 Å². The Morgan fingerprint density at radius 3 is 2.27 bits per heavy atom. The average Bonchev–Trinajstić information content (AvgIpc) is 2.74. The normalized spacial score (nSPS) is 10.6. The number of nitrogens with zero attached hydrogens (tertiary/aromatic N) is 1. The number of amides is 2. The van der Waals surface area contributed by atoms with E-state index in [2.05, 4.69) is 15.8 Å². The number of rotatable bonds is 8. The maximum Gasteiger partial charge on any atom is 0.339 e. The zero-order chi connectivity index (χ0) is 22.1. The molecule has 0 aliphatic rings. The van der Waals surface area contributed by atoms with Gasteiger partial charge in [0.2, 0.25) is 0 Å². The van der Waals surface area contributed by atoms with Gasteiger partial charge < -0.3 is 15.2 Å². The number of nitrogens with one attached hydrogen (secondary N) is 2. The zero-order valence-corrected chi connectivity index (χ0v) is 17.2. The molecule has 158 valence electrons. The summed E-state index contributed by atoms with van der Waals surface area (Å²) in [5.41, 5.74) is 5.09. The van der Waals surface area contributed by atoms with Crippen molar-refractivity contribution in [3.05, 3.63) is 58.7 Å². The van der Waals surface area contributed by atoms with Gasteiger partial charge in [-0.2, -0.15) is 5.10 Å². The summed E-state index contributed by atoms with van der Waals surface area (Å²) in [6.07, 6.45) is 2.69. The third-order valence-electron chi connectivity index (χ3n) is 4.36. The standard InChI is InChI=1S/C22H25N3O5/c1-4-15-8-7-9-16(5-2)19(15)24-20(26)21(27)25-23-13-14-10-11-18(30-6-3)17(12-14)22(28)29/h7-13H,4-6H2,1-3H3,(H,24,26)(H,25,27)(H,28,29)/b23-13-. The second-order valence-electron chi connectivity index (χ2n) is 6.31. The number of para-hydroxylation sites is 1. The third-order valence-corrected chi connectivity index (χ3v) is 4.36. The molecule has 0 spiro atoms. The molecular formula is C22H25N3O5. The van der Waals surface area contributed by atoms with Crippen LogP contribution >= 0.6 is 0 Å². The van der Waals surface area contributed by atoms with E-state index in [0.717, 1.165) is 11.1 Å². The molecule has 0 saturated heterocycles. The summed E-state index contributed by atoms with van der Waals surface area (Å²) in [7, 11) is 0. The molecule has 0 saturated carbocycles. The summed E-state index contributed by atoms with van der Waals surface area (Å²) >= 11 is 0. The molecule has 2 aromatic rings. The Morgan fingerprint density at radius 2 is 1.70 bits per heavy atom. The fourth-order valence-electron chi connectivity index (χ4n) is 2.87. The minimum absolute atomic E-state index is 0.0202. The van der Waals surface area contributed by atoms with Crippen LogP contribution in [0.4, 0.5) is 5.69 Å². The number of carboxylic acid groups (broad SMARTS) is 1. The molecule has 0 atom stereocenters. The number of benzene rings is 2. The summed E-state index contributed by atoms with van der Waals surface area (Å²) in [5, 5.41) is 15.7. The average molecular weight is 411 g/mol. The first-order valence-corrected chi connectivity index (χ1v) is 9.66. The van der Waals surface area contributed by atoms with Crippen LogP contribution in [-0.4, -0.2) is 35.7 Å². The topological polar surface area (TPSA) is 117 Å². The monoisotopic (exact) mass is 411 g/mol. The maximum absolute atomic E-state index is 12.3. The lowest BCUT2D eigenvalue weighted by Gasteiger charge is -2.13. The first-order valence-electron chi connectivity index (χ1n) is 9.66. The molecule has 2 rings (SSSR count). The Bertz CT molecular complexity index is 947. The van der Waals surface area contributed by atoms with Crippen molar-refractivity contribution in [2.45, 2.75) is 33.6 Å². The van der Waals surface area contributed by atoms with Gasteiger partial charge in [-0.05, 0) is 54.7 Å². The van der Waals surface area contributed by atoms with E-state index in [4.69, 9.17) is 4.74 Å². The van der Waals surface area contributed by atoms with E-state index < -0.39 is 17.8 Å². The van der Waals surface area contributed by atoms with Crippen molar-refractivity contribution in [2.24, 2.45) is 5.10 Å². The van der Waals surface area contributed by atoms with Crippen LogP contribution in [0.2, 0.25) is 0 Å². The number of hydrazone groups is 1. The molecule has 0 unspecified atom stereocenters. The Kier molecular flexibility index (Phi) is 8.10. The van der Waals surface area contributed by atoms with Crippen LogP contribution in [-0.2, 0) is 22.4 Å². The third kappa shape index (κ3) is 5.66. The first kappa shape index (κ1) is 22.6. The first-order chi connectivity index (χ1) is 14.4. The van der Waals surface area contributed by atoms with Crippen LogP contribution in [0.3, 0.4) is 0 Å². The van der Waals surface area contributed by atoms with Gasteiger partial charge in [0.25, 0.3) is 0 Å². The summed E-state index contributed by atoms with van der Waals surface area (Å²) < 4.78 is 5.27. The van der Waals surface area contributed by atoms with Gasteiger partial charge in [0.1, 0.15) is 11.3 Å². The van der Waals surface area contributed by atoms with Gasteiger partial charge in [-0.15, -0.1) is 0 Å². The van der Waals surface area contributed by atoms with Crippen molar-refractivity contribution < 1.29 is 24.2 Å². The van der Waals surface area contributed by atoms with E-state index in [1.807, 2.05) is 32.0 Å². The number of ether oxygens (including phenoxy) is 1. The van der Waals surface area contributed by atoms with Crippen LogP contribution in [0.5, 0.6) is 5.75 Å². The Labute approximate surface area is 174 Å². The zero-order valence-electron chi connectivity index (χ0n) is 17.2. The minimum Gasteiger partial charge on any atom is -0.493 e. The number of hydrogen-bond acceptors (Lipinski definition) is 5. The van der Waals surface area contributed by atoms with Gasteiger partial charge in [0.05, 0.1) is 12.8 Å². The van der Waals surface area contributed by atoms with E-state index >= 15 is 0 Å². The summed E-state index contributed by atoms with van der Waals surface area (Å²) in [6.45, 7) is 6.03. The van der Waals surface area contributed by atoms with Crippen molar-refractivity contribution in [1.82, 2.24) is 5.43 Å². The number of aromatic carboxylic acids is 1. The fraction of sp³-hybridized carbons (Fsp3) is 0.273. The molecule has 30 heavy (non-hydrogen) atoms. The summed E-state index contributed by atoms with van der Waals surface area (Å²) in [5.74, 6) is -2.66. The Balaban J connectivity index is 2.07. The number of hydrogen-bond donors (Lipinski definition) is 3. The van der Waals surface area contributed by atoms with Gasteiger partial charge in [0.15, 0.2) is 0 Å². The molecular weight excluding hydrogens is 386 g/mol. The number of carbonyl (C=O) groups excluding carboxylic acids is 2. The van der Waals surface area contributed by atoms with Gasteiger partial charge in [-0.3, -0.25) is 9.59 Å². The molecule has 8 nitrogen and oxygen atoms in total. The molecule has 0 heterocycles. The number of carbonyl (C=O) groups is 3. The molecule has 2 aromatic carbocycles. The largest absolute Gasteiger partial charge is 0.493 e. The number of aryl methyl sites for hydroxylation is 2. The van der Waals surface area contributed by atoms with Gasteiger partial charge in [0, 0.05) is 5.69 Å². The molecule has 8 heteroatoms. The van der Waals surface area contributed by atoms with Gasteiger partial charge in [-0.1, -0.05) is 32.0 Å². The molecule has 3 N–H and O–H groups in total. The highest BCUT2D eigenvalue weighted by molar-refractivity contribution is 6.39. The highest BCUT2D eigenvalue weighted by atomic mass is 16.5. The summed E-state index contributed by atoms with van der Waals surface area (Å²) in [6, 6.07) is 10.2. The number of anilines is 1. The van der Waals surface area contributed by atoms with Gasteiger partial charge >= 0.3 is 17.8 Å². The Hall–Kier alpha value is -3.68. The molecule has 0 fully saturated rings. The number of carboxylic acids is 1. The predicted octanol–water partition coefficient (Wildman–Crippen LogP) is 3.00. The van der Waals surface area contributed by atoms with Crippen molar-refractivity contribution in [3.63, 3.8) is 0 Å². The van der Waals surface area contributed by atoms with E-state index in [-0.39, 0.29) is 11.3 Å². The van der Waals surface area contributed by atoms with Crippen LogP contribution in [0, 0.1) is 0 Å². The van der Waals surface area contributed by atoms with Crippen LogP contribution in [0.1, 0.15) is 47.8 Å². The lowest BCUT2D eigenvalue weighted by atomic mass is 10.0. The minimum atomic E-state index is -1.14. The highest BCUT2D eigenvalue weighted by Crippen LogP contribution is 2.22. The summed E-state index contributed by atoms with van der Waals surface area (Å²) in [4.78, 5) is 35.7. The SMILES string of the molecule is CCOc1ccc(/C=N\NC(=O)C(=O)Nc2c(CC)cccc2CC)cc1C(=O)O. The highest BCUT2D eigenvalue weighted by Gasteiger charge is 2.16.